The van der Waals surface area contributed by atoms with E-state index in [4.69, 9.17) is 5.26 Å². The number of sulfonamides is 1. The van der Waals surface area contributed by atoms with Crippen LogP contribution in [0.5, 0.6) is 0 Å². The van der Waals surface area contributed by atoms with Gasteiger partial charge in [-0.25, -0.2) is 13.4 Å². The van der Waals surface area contributed by atoms with Crippen LogP contribution in [0.15, 0.2) is 59.8 Å². The number of nitrogens with zero attached hydrogens (tertiary/aromatic N) is 5. The Balaban J connectivity index is 1.57. The van der Waals surface area contributed by atoms with Crippen molar-refractivity contribution in [1.82, 2.24) is 14.3 Å². The Kier molecular flexibility index (Phi) is 4.48. The van der Waals surface area contributed by atoms with Crippen molar-refractivity contribution in [3.8, 4) is 6.07 Å². The Morgan fingerprint density at radius 1 is 1.00 bits per heavy atom. The van der Waals surface area contributed by atoms with E-state index in [0.29, 0.717) is 48.0 Å². The molecule has 0 amide bonds. The minimum atomic E-state index is -3.60. The van der Waals surface area contributed by atoms with E-state index in [9.17, 15) is 8.42 Å². The quantitative estimate of drug-likeness (QED) is 0.691. The van der Waals surface area contributed by atoms with Gasteiger partial charge in [-0.1, -0.05) is 18.2 Å². The molecule has 0 saturated carbocycles. The summed E-state index contributed by atoms with van der Waals surface area (Å²) in [6, 6.07) is 14.3. The summed E-state index contributed by atoms with van der Waals surface area (Å²) >= 11 is 0. The van der Waals surface area contributed by atoms with Gasteiger partial charge in [-0.2, -0.15) is 9.57 Å². The van der Waals surface area contributed by atoms with Gasteiger partial charge in [0.25, 0.3) is 0 Å². The topological polar surface area (TPSA) is 90.2 Å². The van der Waals surface area contributed by atoms with Crippen molar-refractivity contribution >= 4 is 26.6 Å². The van der Waals surface area contributed by atoms with E-state index in [1.807, 2.05) is 23.1 Å². The van der Waals surface area contributed by atoms with E-state index in [2.05, 4.69) is 9.97 Å². The Morgan fingerprint density at radius 2 is 1.78 bits per heavy atom. The number of hydrogen-bond donors (Lipinski definition) is 0. The van der Waals surface area contributed by atoms with Crippen molar-refractivity contribution in [1.29, 1.82) is 5.26 Å². The van der Waals surface area contributed by atoms with Gasteiger partial charge in [-0.05, 0) is 24.3 Å². The number of benzene rings is 1. The molecule has 136 valence electrons. The van der Waals surface area contributed by atoms with Crippen LogP contribution in [0.2, 0.25) is 0 Å². The molecule has 1 fully saturated rings. The largest absolute Gasteiger partial charge is 0.354 e. The Hall–Kier alpha value is -3.02. The highest BCUT2D eigenvalue weighted by Gasteiger charge is 2.30. The number of piperazine rings is 1. The molecule has 2 aromatic heterocycles. The highest BCUT2D eigenvalue weighted by Crippen LogP contribution is 2.26. The zero-order valence-corrected chi connectivity index (χ0v) is 15.3. The molecule has 0 bridgehead atoms. The van der Waals surface area contributed by atoms with Crippen molar-refractivity contribution < 1.29 is 8.42 Å². The zero-order valence-electron chi connectivity index (χ0n) is 14.5. The predicted molar refractivity (Wildman–Crippen MR) is 102 cm³/mol. The van der Waals surface area contributed by atoms with Crippen molar-refractivity contribution in [3.63, 3.8) is 0 Å². The summed E-state index contributed by atoms with van der Waals surface area (Å²) < 4.78 is 27.9. The number of aromatic nitrogens is 2. The molecule has 1 aliphatic rings. The van der Waals surface area contributed by atoms with Gasteiger partial charge in [0.15, 0.2) is 0 Å². The maximum Gasteiger partial charge on any atom is 0.243 e. The van der Waals surface area contributed by atoms with Gasteiger partial charge in [0.1, 0.15) is 17.6 Å². The first-order valence-electron chi connectivity index (χ1n) is 8.54. The monoisotopic (exact) mass is 379 g/mol. The van der Waals surface area contributed by atoms with E-state index in [-0.39, 0.29) is 0 Å². The van der Waals surface area contributed by atoms with Crippen LogP contribution < -0.4 is 4.90 Å². The zero-order chi connectivity index (χ0) is 18.9. The van der Waals surface area contributed by atoms with E-state index in [1.165, 1.54) is 4.31 Å². The maximum atomic E-state index is 13.2. The van der Waals surface area contributed by atoms with Crippen LogP contribution in [0.4, 0.5) is 5.82 Å². The lowest BCUT2D eigenvalue weighted by Crippen LogP contribution is -2.49. The molecular formula is C19H17N5O2S. The summed E-state index contributed by atoms with van der Waals surface area (Å²) in [6.07, 6.45) is 3.27. The molecule has 1 aliphatic heterocycles. The van der Waals surface area contributed by atoms with Gasteiger partial charge in [-0.3, -0.25) is 4.98 Å². The smallest absolute Gasteiger partial charge is 0.243 e. The normalized spacial score (nSPS) is 15.6. The first-order valence-corrected chi connectivity index (χ1v) is 9.98. The average molecular weight is 379 g/mol. The number of pyridine rings is 2. The molecule has 1 aromatic carbocycles. The van der Waals surface area contributed by atoms with Crippen LogP contribution in [-0.4, -0.2) is 48.9 Å². The van der Waals surface area contributed by atoms with E-state index in [0.717, 1.165) is 5.39 Å². The SMILES string of the molecule is N#Cc1cccc(N2CCN(S(=O)(=O)c3cccc4cnccc34)CC2)n1. The van der Waals surface area contributed by atoms with E-state index >= 15 is 0 Å². The van der Waals surface area contributed by atoms with Crippen molar-refractivity contribution in [2.45, 2.75) is 4.90 Å². The van der Waals surface area contributed by atoms with Crippen molar-refractivity contribution in [2.75, 3.05) is 31.1 Å². The molecule has 0 unspecified atom stereocenters. The van der Waals surface area contributed by atoms with Gasteiger partial charge in [0.2, 0.25) is 10.0 Å². The summed E-state index contributed by atoms with van der Waals surface area (Å²) in [4.78, 5) is 10.7. The van der Waals surface area contributed by atoms with Crippen LogP contribution in [0.25, 0.3) is 10.8 Å². The molecule has 0 spiro atoms. The molecule has 0 N–H and O–H groups in total. The third kappa shape index (κ3) is 3.23. The van der Waals surface area contributed by atoms with Gasteiger partial charge in [0, 0.05) is 49.3 Å². The van der Waals surface area contributed by atoms with Crippen LogP contribution >= 0.6 is 0 Å². The van der Waals surface area contributed by atoms with Crippen LogP contribution in [0, 0.1) is 11.3 Å². The molecule has 0 aliphatic carbocycles. The lowest BCUT2D eigenvalue weighted by Gasteiger charge is -2.34. The fourth-order valence-electron chi connectivity index (χ4n) is 3.28. The lowest BCUT2D eigenvalue weighted by molar-refractivity contribution is 0.384. The first-order chi connectivity index (χ1) is 13.1. The Labute approximate surface area is 157 Å². The minimum absolute atomic E-state index is 0.306. The Bertz CT molecular complexity index is 1130. The molecule has 1 saturated heterocycles. The number of nitriles is 1. The molecule has 27 heavy (non-hydrogen) atoms. The second kappa shape index (κ2) is 6.95. The minimum Gasteiger partial charge on any atom is -0.354 e. The van der Waals surface area contributed by atoms with Gasteiger partial charge in [0.05, 0.1) is 4.90 Å². The van der Waals surface area contributed by atoms with Crippen molar-refractivity contribution in [2.24, 2.45) is 0 Å². The fraction of sp³-hybridized carbons (Fsp3) is 0.211. The van der Waals surface area contributed by atoms with Crippen LogP contribution in [-0.2, 0) is 10.0 Å². The molecule has 0 atom stereocenters. The molecule has 4 rings (SSSR count). The van der Waals surface area contributed by atoms with E-state index < -0.39 is 10.0 Å². The van der Waals surface area contributed by atoms with E-state index in [1.54, 1.807) is 42.7 Å². The summed E-state index contributed by atoms with van der Waals surface area (Å²) in [7, 11) is -3.60. The third-order valence-corrected chi connectivity index (χ3v) is 6.63. The second-order valence-corrected chi connectivity index (χ2v) is 8.14. The molecular weight excluding hydrogens is 362 g/mol. The predicted octanol–water partition coefficient (Wildman–Crippen LogP) is 2.01. The van der Waals surface area contributed by atoms with Gasteiger partial charge in [-0.15, -0.1) is 0 Å². The molecule has 3 aromatic rings. The van der Waals surface area contributed by atoms with Crippen LogP contribution in [0.1, 0.15) is 5.69 Å². The molecule has 8 heteroatoms. The maximum absolute atomic E-state index is 13.2. The number of anilines is 1. The molecule has 7 nitrogen and oxygen atoms in total. The molecule has 0 radical (unpaired) electrons. The van der Waals surface area contributed by atoms with Gasteiger partial charge < -0.3 is 4.90 Å². The summed E-state index contributed by atoms with van der Waals surface area (Å²) in [6.45, 7) is 1.77. The standard InChI is InChI=1S/C19H17N5O2S/c20-13-16-4-2-6-19(22-16)23-9-11-24(12-10-23)27(25,26)18-5-1-3-15-14-21-8-7-17(15)18/h1-8,14H,9-12H2. The summed E-state index contributed by atoms with van der Waals surface area (Å²) in [5.74, 6) is 0.697. The first kappa shape index (κ1) is 17.4. The number of rotatable bonds is 3. The second-order valence-electron chi connectivity index (χ2n) is 6.24. The highest BCUT2D eigenvalue weighted by atomic mass is 32.2. The van der Waals surface area contributed by atoms with Crippen molar-refractivity contribution in [3.05, 3.63) is 60.6 Å². The lowest BCUT2D eigenvalue weighted by atomic mass is 10.2. The summed E-state index contributed by atoms with van der Waals surface area (Å²) in [5, 5.41) is 10.5. The Morgan fingerprint density at radius 3 is 2.56 bits per heavy atom. The molecule has 3 heterocycles. The summed E-state index contributed by atoms with van der Waals surface area (Å²) in [5.41, 5.74) is 0.354. The third-order valence-electron chi connectivity index (χ3n) is 4.67. The van der Waals surface area contributed by atoms with Gasteiger partial charge >= 0.3 is 0 Å². The highest BCUT2D eigenvalue weighted by molar-refractivity contribution is 7.89. The fourth-order valence-corrected chi connectivity index (χ4v) is 4.91. The number of fused-ring (bicyclic) bond motifs is 1. The average Bonchev–Trinajstić information content (AvgIpc) is 2.73. The van der Waals surface area contributed by atoms with Crippen LogP contribution in [0.3, 0.4) is 0 Å². The number of hydrogen-bond acceptors (Lipinski definition) is 6.